The Kier molecular flexibility index (Phi) is 7.18. The summed E-state index contributed by atoms with van der Waals surface area (Å²) in [4.78, 5) is 7.14. The molecular formula is C28H26N4OS2. The number of nitriles is 2. The highest BCUT2D eigenvalue weighted by atomic mass is 32.1. The zero-order chi connectivity index (χ0) is 24.0. The van der Waals surface area contributed by atoms with Gasteiger partial charge < -0.3 is 14.5 Å². The Morgan fingerprint density at radius 3 is 1.60 bits per heavy atom. The molecule has 0 aliphatic carbocycles. The van der Waals surface area contributed by atoms with Crippen LogP contribution in [0.5, 0.6) is 0 Å². The average molecular weight is 499 g/mol. The SMILES string of the molecule is N#CC(C#N)=C1C=C(/C=C/c2ccc(N3CCCC3)s2)OC(/C=C/c2ccc(N3CCCC3)s2)=C1. The first-order valence-corrected chi connectivity index (χ1v) is 13.6. The van der Waals surface area contributed by atoms with E-state index in [1.54, 1.807) is 34.8 Å². The summed E-state index contributed by atoms with van der Waals surface area (Å²) in [5, 5.41) is 21.4. The van der Waals surface area contributed by atoms with E-state index in [0.29, 0.717) is 17.1 Å². The lowest BCUT2D eigenvalue weighted by molar-refractivity contribution is 0.332. The van der Waals surface area contributed by atoms with E-state index in [2.05, 4.69) is 34.1 Å². The van der Waals surface area contributed by atoms with E-state index in [9.17, 15) is 10.5 Å². The molecule has 0 saturated carbocycles. The second-order valence-electron chi connectivity index (χ2n) is 8.66. The Balaban J connectivity index is 1.33. The first-order valence-electron chi connectivity index (χ1n) is 11.9. The number of anilines is 2. The molecule has 2 saturated heterocycles. The van der Waals surface area contributed by atoms with E-state index in [-0.39, 0.29) is 5.57 Å². The minimum atomic E-state index is 0.0741. The van der Waals surface area contributed by atoms with Gasteiger partial charge in [0, 0.05) is 41.5 Å². The van der Waals surface area contributed by atoms with Crippen molar-refractivity contribution in [1.82, 2.24) is 0 Å². The molecule has 0 amide bonds. The van der Waals surface area contributed by atoms with E-state index in [1.807, 2.05) is 36.4 Å². The van der Waals surface area contributed by atoms with Crippen molar-refractivity contribution in [3.05, 3.63) is 81.0 Å². The largest absolute Gasteiger partial charge is 0.457 e. The Hall–Kier alpha value is -3.52. The van der Waals surface area contributed by atoms with Crippen molar-refractivity contribution in [1.29, 1.82) is 10.5 Å². The van der Waals surface area contributed by atoms with Crippen LogP contribution in [0.25, 0.3) is 12.2 Å². The van der Waals surface area contributed by atoms with Crippen LogP contribution < -0.4 is 9.80 Å². The zero-order valence-electron chi connectivity index (χ0n) is 19.4. The fourth-order valence-corrected chi connectivity index (χ4v) is 6.34. The van der Waals surface area contributed by atoms with Crippen LogP contribution in [0.2, 0.25) is 0 Å². The lowest BCUT2D eigenvalue weighted by atomic mass is 10.1. The summed E-state index contributed by atoms with van der Waals surface area (Å²) in [6.07, 6.45) is 16.4. The molecule has 2 aromatic rings. The van der Waals surface area contributed by atoms with Crippen molar-refractivity contribution < 1.29 is 4.74 Å². The fourth-order valence-electron chi connectivity index (χ4n) is 4.41. The summed E-state index contributed by atoms with van der Waals surface area (Å²) in [6.45, 7) is 4.51. The van der Waals surface area contributed by atoms with Gasteiger partial charge in [0.1, 0.15) is 29.2 Å². The van der Waals surface area contributed by atoms with Crippen LogP contribution in [-0.2, 0) is 4.74 Å². The molecule has 3 aliphatic rings. The van der Waals surface area contributed by atoms with Crippen LogP contribution in [0.1, 0.15) is 35.4 Å². The van der Waals surface area contributed by atoms with Crippen LogP contribution in [0, 0.1) is 22.7 Å². The third-order valence-corrected chi connectivity index (χ3v) is 8.45. The van der Waals surface area contributed by atoms with Crippen molar-refractivity contribution >= 4 is 44.8 Å². The van der Waals surface area contributed by atoms with Crippen molar-refractivity contribution in [3.63, 3.8) is 0 Å². The summed E-state index contributed by atoms with van der Waals surface area (Å²) in [5.74, 6) is 1.20. The molecule has 0 spiro atoms. The van der Waals surface area contributed by atoms with Crippen molar-refractivity contribution in [2.24, 2.45) is 0 Å². The lowest BCUT2D eigenvalue weighted by Crippen LogP contribution is -2.15. The van der Waals surface area contributed by atoms with Gasteiger partial charge in [-0.2, -0.15) is 10.5 Å². The maximum absolute atomic E-state index is 9.41. The number of hydrogen-bond donors (Lipinski definition) is 0. The predicted molar refractivity (Wildman–Crippen MR) is 145 cm³/mol. The van der Waals surface area contributed by atoms with Gasteiger partial charge in [0.25, 0.3) is 0 Å². The molecule has 0 bridgehead atoms. The van der Waals surface area contributed by atoms with E-state index < -0.39 is 0 Å². The number of thiophene rings is 2. The highest BCUT2D eigenvalue weighted by Crippen LogP contribution is 2.32. The normalized spacial score (nSPS) is 18.1. The molecule has 176 valence electrons. The molecule has 2 aromatic heterocycles. The topological polar surface area (TPSA) is 63.3 Å². The molecule has 5 rings (SSSR count). The van der Waals surface area contributed by atoms with Gasteiger partial charge in [-0.3, -0.25) is 0 Å². The van der Waals surface area contributed by atoms with E-state index in [0.717, 1.165) is 35.9 Å². The minimum absolute atomic E-state index is 0.0741. The third-order valence-electron chi connectivity index (χ3n) is 6.23. The van der Waals surface area contributed by atoms with Gasteiger partial charge in [-0.25, -0.2) is 0 Å². The Morgan fingerprint density at radius 1 is 0.714 bits per heavy atom. The first kappa shape index (κ1) is 23.2. The molecule has 0 N–H and O–H groups in total. The number of hydrogen-bond acceptors (Lipinski definition) is 7. The van der Waals surface area contributed by atoms with Crippen LogP contribution in [-0.4, -0.2) is 26.2 Å². The molecule has 5 heterocycles. The second-order valence-corrected chi connectivity index (χ2v) is 10.8. The summed E-state index contributed by atoms with van der Waals surface area (Å²) >= 11 is 3.53. The highest BCUT2D eigenvalue weighted by molar-refractivity contribution is 7.17. The van der Waals surface area contributed by atoms with Crippen molar-refractivity contribution in [2.45, 2.75) is 25.7 Å². The van der Waals surface area contributed by atoms with Gasteiger partial charge in [-0.1, -0.05) is 0 Å². The Labute approximate surface area is 214 Å². The number of allylic oxidation sites excluding steroid dienone is 6. The molecule has 2 fully saturated rings. The fraction of sp³-hybridized carbons (Fsp3) is 0.286. The van der Waals surface area contributed by atoms with Crippen molar-refractivity contribution in [3.8, 4) is 12.1 Å². The Morgan fingerprint density at radius 2 is 1.17 bits per heavy atom. The van der Waals surface area contributed by atoms with Gasteiger partial charge in [-0.05, 0) is 86.4 Å². The second kappa shape index (κ2) is 10.8. The molecular weight excluding hydrogens is 472 g/mol. The number of nitrogens with zero attached hydrogens (tertiary/aromatic N) is 4. The summed E-state index contributed by atoms with van der Waals surface area (Å²) in [7, 11) is 0. The summed E-state index contributed by atoms with van der Waals surface area (Å²) in [6, 6.07) is 12.6. The monoisotopic (exact) mass is 498 g/mol. The van der Waals surface area contributed by atoms with Crippen LogP contribution in [0.15, 0.2) is 71.2 Å². The van der Waals surface area contributed by atoms with Crippen LogP contribution in [0.4, 0.5) is 10.0 Å². The first-order chi connectivity index (χ1) is 17.2. The van der Waals surface area contributed by atoms with Crippen LogP contribution in [0.3, 0.4) is 0 Å². The summed E-state index contributed by atoms with van der Waals surface area (Å²) < 4.78 is 6.10. The third kappa shape index (κ3) is 5.59. The van der Waals surface area contributed by atoms with Crippen molar-refractivity contribution in [2.75, 3.05) is 36.0 Å². The number of ether oxygens (including phenoxy) is 1. The summed E-state index contributed by atoms with van der Waals surface area (Å²) in [5.41, 5.74) is 0.637. The molecule has 35 heavy (non-hydrogen) atoms. The molecule has 5 nitrogen and oxygen atoms in total. The zero-order valence-corrected chi connectivity index (χ0v) is 21.1. The standard InChI is InChI=1S/C28H26N4OS2/c29-19-22(20-30)21-17-23(5-7-25-9-11-27(34-25)31-13-1-2-14-31)33-24(18-21)6-8-26-10-12-28(35-26)32-15-3-4-16-32/h5-12,17-18H,1-4,13-16H2/b7-5+,8-6+. The maximum Gasteiger partial charge on any atom is 0.137 e. The van der Waals surface area contributed by atoms with Gasteiger partial charge in [-0.15, -0.1) is 22.7 Å². The minimum Gasteiger partial charge on any atom is -0.457 e. The van der Waals surface area contributed by atoms with Gasteiger partial charge in [0.05, 0.1) is 10.0 Å². The van der Waals surface area contributed by atoms with E-state index in [4.69, 9.17) is 4.74 Å². The van der Waals surface area contributed by atoms with E-state index in [1.165, 1.54) is 35.7 Å². The molecule has 3 aliphatic heterocycles. The van der Waals surface area contributed by atoms with E-state index >= 15 is 0 Å². The molecule has 7 heteroatoms. The predicted octanol–water partition coefficient (Wildman–Crippen LogP) is 6.88. The molecule has 0 unspecified atom stereocenters. The molecule has 0 radical (unpaired) electrons. The maximum atomic E-state index is 9.41. The molecule has 0 aromatic carbocycles. The lowest BCUT2D eigenvalue weighted by Gasteiger charge is -2.14. The smallest absolute Gasteiger partial charge is 0.137 e. The van der Waals surface area contributed by atoms with Gasteiger partial charge in [0.15, 0.2) is 0 Å². The molecule has 0 atom stereocenters. The highest BCUT2D eigenvalue weighted by Gasteiger charge is 2.16. The Bertz CT molecular complexity index is 1210. The average Bonchev–Trinajstić information content (AvgIpc) is 3.69. The van der Waals surface area contributed by atoms with Gasteiger partial charge >= 0.3 is 0 Å². The van der Waals surface area contributed by atoms with Crippen LogP contribution >= 0.6 is 22.7 Å². The van der Waals surface area contributed by atoms with Gasteiger partial charge in [0.2, 0.25) is 0 Å². The quantitative estimate of drug-likeness (QED) is 0.406. The number of rotatable bonds is 6.